The van der Waals surface area contributed by atoms with Gasteiger partial charge < -0.3 is 11.1 Å². The zero-order valence-corrected chi connectivity index (χ0v) is 11.1. The van der Waals surface area contributed by atoms with Crippen molar-refractivity contribution in [2.24, 2.45) is 0 Å². The van der Waals surface area contributed by atoms with Gasteiger partial charge in [0.25, 0.3) is 0 Å². The van der Waals surface area contributed by atoms with Crippen LogP contribution in [-0.2, 0) is 6.54 Å². The molecule has 0 fully saturated rings. The molecule has 3 aromatic rings. The van der Waals surface area contributed by atoms with E-state index >= 15 is 0 Å². The van der Waals surface area contributed by atoms with Gasteiger partial charge in [-0.3, -0.25) is 0 Å². The molecule has 0 unspecified atom stereocenters. The average molecular weight is 285 g/mol. The highest BCUT2D eigenvalue weighted by atomic mass is 19.1. The van der Waals surface area contributed by atoms with Crippen LogP contribution in [0.4, 0.5) is 20.4 Å². The summed E-state index contributed by atoms with van der Waals surface area (Å²) < 4.78 is 26.7. The van der Waals surface area contributed by atoms with Crippen LogP contribution in [0.25, 0.3) is 10.8 Å². The third kappa shape index (κ3) is 2.63. The fourth-order valence-electron chi connectivity index (χ4n) is 2.23. The molecule has 2 aromatic carbocycles. The Hall–Kier alpha value is -2.69. The molecule has 1 aromatic heterocycles. The molecule has 0 aliphatic heterocycles. The number of hydrogen-bond acceptors (Lipinski definition) is 3. The Balaban J connectivity index is 1.89. The van der Waals surface area contributed by atoms with Gasteiger partial charge in [0.15, 0.2) is 23.3 Å². The van der Waals surface area contributed by atoms with E-state index in [1.165, 1.54) is 0 Å². The molecule has 3 N–H and O–H groups in total. The Bertz CT molecular complexity index is 797. The topological polar surface area (TPSA) is 50.9 Å². The van der Waals surface area contributed by atoms with E-state index in [0.717, 1.165) is 22.4 Å². The van der Waals surface area contributed by atoms with Gasteiger partial charge in [0, 0.05) is 12.6 Å². The quantitative estimate of drug-likeness (QED) is 0.771. The Labute approximate surface area is 120 Å². The lowest BCUT2D eigenvalue weighted by atomic mass is 10.0. The average Bonchev–Trinajstić information content (AvgIpc) is 2.49. The summed E-state index contributed by atoms with van der Waals surface area (Å²) in [6.07, 6.45) is 0. The summed E-state index contributed by atoms with van der Waals surface area (Å²) in [4.78, 5) is 3.68. The zero-order chi connectivity index (χ0) is 14.8. The molecule has 0 saturated heterocycles. The van der Waals surface area contributed by atoms with Gasteiger partial charge in [0.05, 0.1) is 0 Å². The maximum Gasteiger partial charge on any atom is 0.168 e. The van der Waals surface area contributed by atoms with Crippen LogP contribution in [0.3, 0.4) is 0 Å². The summed E-state index contributed by atoms with van der Waals surface area (Å²) in [5.74, 6) is -2.00. The van der Waals surface area contributed by atoms with Crippen molar-refractivity contribution in [1.29, 1.82) is 0 Å². The van der Waals surface area contributed by atoms with E-state index in [0.29, 0.717) is 6.54 Å². The highest BCUT2D eigenvalue weighted by molar-refractivity contribution is 5.85. The first-order chi connectivity index (χ1) is 10.1. The third-order valence-corrected chi connectivity index (χ3v) is 3.28. The fourth-order valence-corrected chi connectivity index (χ4v) is 2.23. The molecular weight excluding hydrogens is 272 g/mol. The molecule has 0 bridgehead atoms. The molecule has 1 heterocycles. The highest BCUT2D eigenvalue weighted by Gasteiger charge is 2.09. The van der Waals surface area contributed by atoms with Crippen LogP contribution < -0.4 is 11.1 Å². The molecule has 3 nitrogen and oxygen atoms in total. The van der Waals surface area contributed by atoms with Gasteiger partial charge in [-0.25, -0.2) is 13.8 Å². The molecule has 0 spiro atoms. The normalized spacial score (nSPS) is 10.8. The number of nitrogens with two attached hydrogens (primary N) is 1. The van der Waals surface area contributed by atoms with Crippen LogP contribution in [0.5, 0.6) is 0 Å². The van der Waals surface area contributed by atoms with Crippen LogP contribution in [0.1, 0.15) is 5.56 Å². The molecule has 5 heteroatoms. The summed E-state index contributed by atoms with van der Waals surface area (Å²) in [7, 11) is 0. The maximum atomic E-state index is 13.6. The van der Waals surface area contributed by atoms with Crippen molar-refractivity contribution in [2.45, 2.75) is 6.54 Å². The van der Waals surface area contributed by atoms with Crippen molar-refractivity contribution in [3.63, 3.8) is 0 Å². The predicted octanol–water partition coefficient (Wildman–Crippen LogP) is 3.71. The van der Waals surface area contributed by atoms with Gasteiger partial charge in [-0.15, -0.1) is 0 Å². The lowest BCUT2D eigenvalue weighted by Gasteiger charge is -2.10. The first-order valence-corrected chi connectivity index (χ1v) is 6.47. The minimum atomic E-state index is -0.858. The summed E-state index contributed by atoms with van der Waals surface area (Å²) in [5.41, 5.74) is 6.35. The largest absolute Gasteiger partial charge is 0.381 e. The van der Waals surface area contributed by atoms with E-state index in [1.54, 1.807) is 0 Å². The minimum absolute atomic E-state index is 0.0539. The lowest BCUT2D eigenvalue weighted by Crippen LogP contribution is -2.07. The van der Waals surface area contributed by atoms with E-state index in [2.05, 4.69) is 10.3 Å². The predicted molar refractivity (Wildman–Crippen MR) is 79.8 cm³/mol. The van der Waals surface area contributed by atoms with E-state index < -0.39 is 11.6 Å². The molecule has 0 saturated carbocycles. The monoisotopic (exact) mass is 285 g/mol. The second-order valence-corrected chi connectivity index (χ2v) is 4.68. The van der Waals surface area contributed by atoms with E-state index in [9.17, 15) is 8.78 Å². The number of benzene rings is 2. The summed E-state index contributed by atoms with van der Waals surface area (Å²) in [6, 6.07) is 14.5. The first-order valence-electron chi connectivity index (χ1n) is 6.47. The van der Waals surface area contributed by atoms with Crippen LogP contribution in [0, 0.1) is 11.6 Å². The van der Waals surface area contributed by atoms with Crippen molar-refractivity contribution < 1.29 is 8.78 Å². The van der Waals surface area contributed by atoms with Crippen molar-refractivity contribution in [3.8, 4) is 0 Å². The number of anilines is 2. The van der Waals surface area contributed by atoms with Gasteiger partial charge in [0.1, 0.15) is 0 Å². The van der Waals surface area contributed by atoms with Crippen molar-refractivity contribution >= 4 is 22.4 Å². The lowest BCUT2D eigenvalue weighted by molar-refractivity contribution is 0.579. The molecular formula is C16H13F2N3. The Morgan fingerprint density at radius 2 is 1.76 bits per heavy atom. The number of nitrogen functional groups attached to an aromatic ring is 1. The first kappa shape index (κ1) is 13.3. The molecule has 3 rings (SSSR count). The molecule has 106 valence electrons. The van der Waals surface area contributed by atoms with E-state index in [-0.39, 0.29) is 11.6 Å². The van der Waals surface area contributed by atoms with Gasteiger partial charge in [0.2, 0.25) is 0 Å². The van der Waals surface area contributed by atoms with E-state index in [1.807, 2.05) is 42.5 Å². The molecule has 0 aliphatic carbocycles. The Morgan fingerprint density at radius 3 is 2.62 bits per heavy atom. The smallest absolute Gasteiger partial charge is 0.168 e. The summed E-state index contributed by atoms with van der Waals surface area (Å²) >= 11 is 0. The van der Waals surface area contributed by atoms with Gasteiger partial charge >= 0.3 is 0 Å². The second-order valence-electron chi connectivity index (χ2n) is 4.68. The van der Waals surface area contributed by atoms with Gasteiger partial charge in [-0.1, -0.05) is 42.5 Å². The number of aromatic nitrogens is 1. The Morgan fingerprint density at radius 1 is 1.00 bits per heavy atom. The number of hydrogen-bond donors (Lipinski definition) is 2. The van der Waals surface area contributed by atoms with Crippen molar-refractivity contribution in [2.75, 3.05) is 11.1 Å². The van der Waals surface area contributed by atoms with Crippen LogP contribution >= 0.6 is 0 Å². The van der Waals surface area contributed by atoms with Crippen LogP contribution in [0.2, 0.25) is 0 Å². The number of rotatable bonds is 3. The van der Waals surface area contributed by atoms with Gasteiger partial charge in [-0.05, 0) is 16.3 Å². The molecule has 0 aliphatic rings. The standard InChI is InChI=1S/C16H13F2N3/c17-13-8-14(18)16(21-15(13)19)20-9-11-6-3-5-10-4-1-2-7-12(10)11/h1-8H,9H2,(H3,19,20,21). The summed E-state index contributed by atoms with van der Waals surface area (Å²) in [6.45, 7) is 0.371. The summed E-state index contributed by atoms with van der Waals surface area (Å²) in [5, 5.41) is 5.03. The van der Waals surface area contributed by atoms with Crippen LogP contribution in [0.15, 0.2) is 48.5 Å². The zero-order valence-electron chi connectivity index (χ0n) is 11.1. The number of nitrogens with zero attached hydrogens (tertiary/aromatic N) is 1. The molecule has 0 amide bonds. The number of fused-ring (bicyclic) bond motifs is 1. The molecule has 0 atom stereocenters. The highest BCUT2D eigenvalue weighted by Crippen LogP contribution is 2.21. The SMILES string of the molecule is Nc1nc(NCc2cccc3ccccc23)c(F)cc1F. The number of halogens is 2. The van der Waals surface area contributed by atoms with Gasteiger partial charge in [-0.2, -0.15) is 0 Å². The minimum Gasteiger partial charge on any atom is -0.381 e. The number of nitrogens with one attached hydrogen (secondary N) is 1. The molecule has 21 heavy (non-hydrogen) atoms. The maximum absolute atomic E-state index is 13.6. The second kappa shape index (κ2) is 5.36. The van der Waals surface area contributed by atoms with Crippen LogP contribution in [-0.4, -0.2) is 4.98 Å². The third-order valence-electron chi connectivity index (χ3n) is 3.28. The van der Waals surface area contributed by atoms with E-state index in [4.69, 9.17) is 5.73 Å². The molecule has 0 radical (unpaired) electrons. The Kier molecular flexibility index (Phi) is 3.39. The van der Waals surface area contributed by atoms with Crippen molar-refractivity contribution in [1.82, 2.24) is 4.98 Å². The van der Waals surface area contributed by atoms with Crippen molar-refractivity contribution in [3.05, 3.63) is 65.7 Å². The number of pyridine rings is 1. The fraction of sp³-hybridized carbons (Fsp3) is 0.0625.